The molecule has 25 heavy (non-hydrogen) atoms. The Bertz CT molecular complexity index is 759. The van der Waals surface area contributed by atoms with E-state index < -0.39 is 0 Å². The fraction of sp³-hybridized carbons (Fsp3) is 0.500. The predicted octanol–water partition coefficient (Wildman–Crippen LogP) is 1.47. The number of hydrogen-bond donors (Lipinski definition) is 1. The predicted molar refractivity (Wildman–Crippen MR) is 93.4 cm³/mol. The van der Waals surface area contributed by atoms with Gasteiger partial charge < -0.3 is 9.64 Å². The van der Waals surface area contributed by atoms with Crippen molar-refractivity contribution in [3.63, 3.8) is 0 Å². The number of benzene rings is 1. The summed E-state index contributed by atoms with van der Waals surface area (Å²) in [6, 6.07) is 8.17. The van der Waals surface area contributed by atoms with Crippen molar-refractivity contribution in [3.8, 4) is 0 Å². The van der Waals surface area contributed by atoms with Crippen molar-refractivity contribution in [2.75, 3.05) is 37.7 Å². The van der Waals surface area contributed by atoms with Gasteiger partial charge in [0.1, 0.15) is 11.9 Å². The van der Waals surface area contributed by atoms with Gasteiger partial charge in [0.25, 0.3) is 0 Å². The zero-order valence-electron chi connectivity index (χ0n) is 14.4. The maximum atomic E-state index is 12.6. The van der Waals surface area contributed by atoms with Gasteiger partial charge in [0.05, 0.1) is 6.61 Å². The maximum Gasteiger partial charge on any atom is 0.228 e. The Hall–Kier alpha value is -2.25. The molecule has 0 spiro atoms. The highest BCUT2D eigenvalue weighted by Crippen LogP contribution is 2.28. The summed E-state index contributed by atoms with van der Waals surface area (Å²) in [5, 5.41) is 7.05. The molecule has 4 rings (SSSR count). The van der Waals surface area contributed by atoms with Crippen LogP contribution in [0.5, 0.6) is 0 Å². The Morgan fingerprint density at radius 2 is 2.24 bits per heavy atom. The number of fused-ring (bicyclic) bond motifs is 1. The third-order valence-corrected chi connectivity index (χ3v) is 4.88. The number of aryl methyl sites for hydroxylation is 1. The molecule has 1 N–H and O–H groups in total. The van der Waals surface area contributed by atoms with E-state index in [9.17, 15) is 4.79 Å². The van der Waals surface area contributed by atoms with E-state index in [4.69, 9.17) is 4.74 Å². The lowest BCUT2D eigenvalue weighted by Gasteiger charge is -2.31. The van der Waals surface area contributed by atoms with E-state index in [2.05, 4.69) is 26.1 Å². The number of hydrogen-bond acceptors (Lipinski definition) is 5. The third kappa shape index (κ3) is 3.43. The fourth-order valence-corrected chi connectivity index (χ4v) is 3.55. The summed E-state index contributed by atoms with van der Waals surface area (Å²) < 4.78 is 5.78. The van der Waals surface area contributed by atoms with Crippen molar-refractivity contribution in [2.45, 2.75) is 25.9 Å². The molecule has 0 aliphatic carbocycles. The molecule has 3 heterocycles. The van der Waals surface area contributed by atoms with Crippen LogP contribution in [0.1, 0.15) is 29.7 Å². The Kier molecular flexibility index (Phi) is 4.50. The molecule has 1 atom stereocenters. The van der Waals surface area contributed by atoms with Crippen LogP contribution in [0, 0.1) is 6.92 Å². The first-order chi connectivity index (χ1) is 12.2. The van der Waals surface area contributed by atoms with Crippen LogP contribution in [0.15, 0.2) is 24.3 Å². The number of anilines is 1. The van der Waals surface area contributed by atoms with Gasteiger partial charge in [-0.1, -0.05) is 18.2 Å². The minimum Gasteiger partial charge on any atom is -0.367 e. The quantitative estimate of drug-likeness (QED) is 0.911. The molecule has 1 aromatic carbocycles. The third-order valence-electron chi connectivity index (χ3n) is 4.88. The fourth-order valence-electron chi connectivity index (χ4n) is 3.55. The Labute approximate surface area is 147 Å². The maximum absolute atomic E-state index is 12.6. The van der Waals surface area contributed by atoms with Crippen molar-refractivity contribution in [3.05, 3.63) is 41.5 Å². The molecule has 1 aromatic heterocycles. The molecule has 7 nitrogen and oxygen atoms in total. The molecular formula is C18H23N5O2. The zero-order valence-corrected chi connectivity index (χ0v) is 14.4. The Morgan fingerprint density at radius 3 is 3.08 bits per heavy atom. The summed E-state index contributed by atoms with van der Waals surface area (Å²) in [6.45, 7) is 5.61. The first-order valence-corrected chi connectivity index (χ1v) is 8.82. The second-order valence-corrected chi connectivity index (χ2v) is 6.61. The van der Waals surface area contributed by atoms with E-state index in [1.165, 1.54) is 5.56 Å². The monoisotopic (exact) mass is 341 g/mol. The molecule has 2 aliphatic heterocycles. The van der Waals surface area contributed by atoms with E-state index in [1.54, 1.807) is 0 Å². The van der Waals surface area contributed by atoms with E-state index >= 15 is 0 Å². The number of aromatic nitrogens is 3. The smallest absolute Gasteiger partial charge is 0.228 e. The van der Waals surface area contributed by atoms with Gasteiger partial charge in [0.2, 0.25) is 5.91 Å². The molecule has 7 heteroatoms. The second-order valence-electron chi connectivity index (χ2n) is 6.61. The van der Waals surface area contributed by atoms with E-state index in [1.807, 2.05) is 30.0 Å². The van der Waals surface area contributed by atoms with E-state index in [0.29, 0.717) is 18.9 Å². The highest BCUT2D eigenvalue weighted by molar-refractivity contribution is 5.95. The average molecular weight is 341 g/mol. The van der Waals surface area contributed by atoms with Crippen LogP contribution in [0.2, 0.25) is 0 Å². The van der Waals surface area contributed by atoms with Crippen LogP contribution in [0.25, 0.3) is 0 Å². The first-order valence-electron chi connectivity index (χ1n) is 8.82. The molecule has 1 amide bonds. The SMILES string of the molecule is Cc1nc(C2CN(CCC(=O)N3CCc4ccccc43)CCO2)n[nH]1. The lowest BCUT2D eigenvalue weighted by Crippen LogP contribution is -2.41. The van der Waals surface area contributed by atoms with Crippen LogP contribution >= 0.6 is 0 Å². The summed E-state index contributed by atoms with van der Waals surface area (Å²) in [5.74, 6) is 1.68. The summed E-state index contributed by atoms with van der Waals surface area (Å²) >= 11 is 0. The molecule has 0 radical (unpaired) electrons. The van der Waals surface area contributed by atoms with Gasteiger partial charge in [-0.3, -0.25) is 14.8 Å². The number of H-pyrrole nitrogens is 1. The highest BCUT2D eigenvalue weighted by Gasteiger charge is 2.27. The zero-order chi connectivity index (χ0) is 17.2. The summed E-state index contributed by atoms with van der Waals surface area (Å²) in [7, 11) is 0. The van der Waals surface area contributed by atoms with Crippen molar-refractivity contribution >= 4 is 11.6 Å². The largest absolute Gasteiger partial charge is 0.367 e. The number of morpholine rings is 1. The van der Waals surface area contributed by atoms with Crippen LogP contribution in [-0.2, 0) is 16.0 Å². The summed E-state index contributed by atoms with van der Waals surface area (Å²) in [5.41, 5.74) is 2.34. The van der Waals surface area contributed by atoms with Gasteiger partial charge in [-0.2, -0.15) is 5.10 Å². The summed E-state index contributed by atoms with van der Waals surface area (Å²) in [4.78, 5) is 21.2. The first kappa shape index (κ1) is 16.2. The number of nitrogens with zero attached hydrogens (tertiary/aromatic N) is 4. The number of para-hydroxylation sites is 1. The van der Waals surface area contributed by atoms with E-state index in [-0.39, 0.29) is 12.0 Å². The number of amides is 1. The highest BCUT2D eigenvalue weighted by atomic mass is 16.5. The van der Waals surface area contributed by atoms with E-state index in [0.717, 1.165) is 44.1 Å². The van der Waals surface area contributed by atoms with Crippen molar-refractivity contribution < 1.29 is 9.53 Å². The molecule has 2 aromatic rings. The average Bonchev–Trinajstić information content (AvgIpc) is 3.26. The van der Waals surface area contributed by atoms with Gasteiger partial charge in [0.15, 0.2) is 5.82 Å². The normalized spacial score (nSPS) is 20.7. The Balaban J connectivity index is 1.33. The number of carbonyl (C=O) groups excluding carboxylic acids is 1. The lowest BCUT2D eigenvalue weighted by molar-refractivity contribution is -0.119. The number of carbonyl (C=O) groups is 1. The van der Waals surface area contributed by atoms with Gasteiger partial charge in [0, 0.05) is 38.3 Å². The molecule has 0 bridgehead atoms. The van der Waals surface area contributed by atoms with Crippen LogP contribution in [0.4, 0.5) is 5.69 Å². The van der Waals surface area contributed by atoms with Crippen molar-refractivity contribution in [1.82, 2.24) is 20.1 Å². The van der Waals surface area contributed by atoms with Gasteiger partial charge in [-0.25, -0.2) is 4.98 Å². The standard InChI is InChI=1S/C18H23N5O2/c1-13-19-18(21-20-13)16-12-22(10-11-25-16)8-7-17(24)23-9-6-14-4-2-3-5-15(14)23/h2-5,16H,6-12H2,1H3,(H,19,20,21). The minimum absolute atomic E-state index is 0.124. The topological polar surface area (TPSA) is 74.3 Å². The Morgan fingerprint density at radius 1 is 1.36 bits per heavy atom. The van der Waals surface area contributed by atoms with Crippen LogP contribution < -0.4 is 4.90 Å². The lowest BCUT2D eigenvalue weighted by atomic mass is 10.2. The number of ether oxygens (including phenoxy) is 1. The molecule has 1 saturated heterocycles. The number of nitrogens with one attached hydrogen (secondary N) is 1. The van der Waals surface area contributed by atoms with Crippen molar-refractivity contribution in [1.29, 1.82) is 0 Å². The molecule has 2 aliphatic rings. The van der Waals surface area contributed by atoms with Gasteiger partial charge in [-0.15, -0.1) is 0 Å². The molecule has 1 fully saturated rings. The van der Waals surface area contributed by atoms with Gasteiger partial charge in [-0.05, 0) is 25.0 Å². The number of rotatable bonds is 4. The van der Waals surface area contributed by atoms with Gasteiger partial charge >= 0.3 is 0 Å². The van der Waals surface area contributed by atoms with Crippen LogP contribution in [-0.4, -0.2) is 58.8 Å². The number of aromatic amines is 1. The molecule has 132 valence electrons. The summed E-state index contributed by atoms with van der Waals surface area (Å²) in [6.07, 6.45) is 1.35. The second kappa shape index (κ2) is 6.93. The van der Waals surface area contributed by atoms with Crippen molar-refractivity contribution in [2.24, 2.45) is 0 Å². The minimum atomic E-state index is -0.124. The molecular weight excluding hydrogens is 318 g/mol. The van der Waals surface area contributed by atoms with Crippen LogP contribution in [0.3, 0.4) is 0 Å². The molecule has 1 unspecified atom stereocenters. The molecule has 0 saturated carbocycles.